The molecule has 2 aliphatic heterocycles. The van der Waals surface area contributed by atoms with Crippen LogP contribution in [0.1, 0.15) is 35.5 Å². The van der Waals surface area contributed by atoms with Crippen molar-refractivity contribution in [2.75, 3.05) is 13.1 Å². The molecule has 4 heterocycles. The highest BCUT2D eigenvalue weighted by Crippen LogP contribution is 2.36. The number of halogens is 2. The molecule has 0 N–H and O–H groups in total. The van der Waals surface area contributed by atoms with Gasteiger partial charge in [-0.1, -0.05) is 0 Å². The van der Waals surface area contributed by atoms with Gasteiger partial charge in [-0.15, -0.1) is 0 Å². The molecule has 6 rings (SSSR count). The Morgan fingerprint density at radius 1 is 1.11 bits per heavy atom. The molecule has 0 radical (unpaired) electrons. The molecule has 2 aromatic carbocycles. The van der Waals surface area contributed by atoms with Crippen molar-refractivity contribution in [3.63, 3.8) is 0 Å². The van der Waals surface area contributed by atoms with E-state index in [0.717, 1.165) is 18.5 Å². The number of benzene rings is 2. The molecule has 0 atom stereocenters. The number of aromatic nitrogens is 3. The summed E-state index contributed by atoms with van der Waals surface area (Å²) in [6.07, 6.45) is 3.52. The van der Waals surface area contributed by atoms with Crippen LogP contribution in [0, 0.1) is 11.6 Å². The van der Waals surface area contributed by atoms with E-state index in [4.69, 9.17) is 4.74 Å². The van der Waals surface area contributed by atoms with E-state index in [0.29, 0.717) is 39.7 Å². The topological polar surface area (TPSA) is 63.5 Å². The average molecular weight is 504 g/mol. The Balaban J connectivity index is 1.28. The van der Waals surface area contributed by atoms with Crippen LogP contribution in [0.25, 0.3) is 22.0 Å². The average Bonchev–Trinajstić information content (AvgIpc) is 3.37. The zero-order valence-corrected chi connectivity index (χ0v) is 20.9. The number of carbonyl (C=O) groups excluding carboxylic acids is 1. The molecule has 2 aliphatic rings. The van der Waals surface area contributed by atoms with Gasteiger partial charge in [-0.2, -0.15) is 5.10 Å². The predicted molar refractivity (Wildman–Crippen MR) is 135 cm³/mol. The van der Waals surface area contributed by atoms with Crippen molar-refractivity contribution >= 4 is 16.8 Å². The third-order valence-electron chi connectivity index (χ3n) is 7.20. The van der Waals surface area contributed by atoms with E-state index in [2.05, 4.69) is 28.8 Å². The first kappa shape index (κ1) is 23.5. The number of pyridine rings is 1. The fourth-order valence-electron chi connectivity index (χ4n) is 5.10. The van der Waals surface area contributed by atoms with Crippen LogP contribution in [-0.4, -0.2) is 55.7 Å². The molecule has 1 fully saturated rings. The van der Waals surface area contributed by atoms with E-state index < -0.39 is 11.6 Å². The molecular formula is C28H27F2N5O2. The molecule has 1 saturated heterocycles. The number of ether oxygens (including phenoxy) is 1. The minimum Gasteiger partial charge on any atom is -0.485 e. The van der Waals surface area contributed by atoms with Crippen LogP contribution in [0.15, 0.2) is 48.8 Å². The highest BCUT2D eigenvalue weighted by molar-refractivity contribution is 5.98. The van der Waals surface area contributed by atoms with Gasteiger partial charge in [-0.05, 0) is 61.4 Å². The molecule has 37 heavy (non-hydrogen) atoms. The highest BCUT2D eigenvalue weighted by Gasteiger charge is 2.32. The molecule has 9 heteroatoms. The Labute approximate surface area is 213 Å². The van der Waals surface area contributed by atoms with Gasteiger partial charge in [-0.25, -0.2) is 8.78 Å². The van der Waals surface area contributed by atoms with Crippen LogP contribution < -0.4 is 4.74 Å². The van der Waals surface area contributed by atoms with Crippen molar-refractivity contribution in [1.82, 2.24) is 24.6 Å². The molecule has 0 bridgehead atoms. The number of aryl methyl sites for hydroxylation is 1. The summed E-state index contributed by atoms with van der Waals surface area (Å²) >= 11 is 0. The smallest absolute Gasteiger partial charge is 0.256 e. The SMILES string of the molecule is CC(C)N1CC(Oc2ccc(-c3cc(F)c(CN4Cc5ncccc5C4=O)c(F)c3)c3cn(C)nc23)C1. The third-order valence-corrected chi connectivity index (χ3v) is 7.20. The van der Waals surface area contributed by atoms with Gasteiger partial charge in [0.15, 0.2) is 0 Å². The summed E-state index contributed by atoms with van der Waals surface area (Å²) in [6.45, 7) is 6.08. The van der Waals surface area contributed by atoms with Gasteiger partial charge in [0.2, 0.25) is 0 Å². The monoisotopic (exact) mass is 503 g/mol. The number of likely N-dealkylation sites (tertiary alicyclic amines) is 1. The zero-order valence-electron chi connectivity index (χ0n) is 20.9. The molecular weight excluding hydrogens is 476 g/mol. The summed E-state index contributed by atoms with van der Waals surface area (Å²) in [5.74, 6) is -1.02. The maximum absolute atomic E-state index is 15.3. The van der Waals surface area contributed by atoms with Gasteiger partial charge in [0.05, 0.1) is 24.3 Å². The highest BCUT2D eigenvalue weighted by atomic mass is 19.1. The summed E-state index contributed by atoms with van der Waals surface area (Å²) in [5.41, 5.74) is 2.65. The van der Waals surface area contributed by atoms with Gasteiger partial charge in [0.1, 0.15) is 29.0 Å². The van der Waals surface area contributed by atoms with Gasteiger partial charge in [0, 0.05) is 49.5 Å². The third kappa shape index (κ3) is 4.13. The molecule has 0 aliphatic carbocycles. The minimum absolute atomic E-state index is 0.0854. The molecule has 0 spiro atoms. The molecule has 1 amide bonds. The van der Waals surface area contributed by atoms with E-state index in [1.807, 2.05) is 25.4 Å². The van der Waals surface area contributed by atoms with Crippen molar-refractivity contribution in [2.24, 2.45) is 7.05 Å². The predicted octanol–water partition coefficient (Wildman–Crippen LogP) is 4.54. The van der Waals surface area contributed by atoms with Gasteiger partial charge >= 0.3 is 0 Å². The number of hydrogen-bond donors (Lipinski definition) is 0. The standard InChI is InChI=1S/C28H27F2N5O2/c1-16(2)34-11-18(12-34)37-26-7-6-19(21-13-33(3)32-27(21)26)17-9-23(29)22(24(30)10-17)14-35-15-25-20(28(35)36)5-4-8-31-25/h4-10,13,16,18H,11-12,14-15H2,1-3H3. The Bertz CT molecular complexity index is 1500. The first-order chi connectivity index (χ1) is 17.8. The normalized spacial score (nSPS) is 16.1. The maximum atomic E-state index is 15.3. The van der Waals surface area contributed by atoms with Gasteiger partial charge in [-0.3, -0.25) is 19.4 Å². The lowest BCUT2D eigenvalue weighted by molar-refractivity contribution is 0.000872. The van der Waals surface area contributed by atoms with Crippen molar-refractivity contribution in [1.29, 1.82) is 0 Å². The maximum Gasteiger partial charge on any atom is 0.256 e. The second-order valence-corrected chi connectivity index (χ2v) is 10.0. The van der Waals surface area contributed by atoms with E-state index >= 15 is 8.78 Å². The van der Waals surface area contributed by atoms with E-state index in [1.54, 1.807) is 23.0 Å². The van der Waals surface area contributed by atoms with Crippen molar-refractivity contribution in [3.8, 4) is 16.9 Å². The summed E-state index contributed by atoms with van der Waals surface area (Å²) in [5, 5.41) is 5.32. The fraction of sp³-hybridized carbons (Fsp3) is 0.321. The molecule has 7 nitrogen and oxygen atoms in total. The first-order valence-corrected chi connectivity index (χ1v) is 12.4. The zero-order chi connectivity index (χ0) is 25.8. The number of nitrogens with zero attached hydrogens (tertiary/aromatic N) is 5. The summed E-state index contributed by atoms with van der Waals surface area (Å²) < 4.78 is 38.4. The largest absolute Gasteiger partial charge is 0.485 e. The van der Waals surface area contributed by atoms with Crippen LogP contribution in [0.4, 0.5) is 8.78 Å². The Kier molecular flexibility index (Phi) is 5.67. The number of amides is 1. The van der Waals surface area contributed by atoms with E-state index in [9.17, 15) is 4.79 Å². The van der Waals surface area contributed by atoms with Crippen molar-refractivity contribution in [2.45, 2.75) is 39.1 Å². The summed E-state index contributed by atoms with van der Waals surface area (Å²) in [6, 6.07) is 10.1. The fourth-order valence-corrected chi connectivity index (χ4v) is 5.10. The lowest BCUT2D eigenvalue weighted by Gasteiger charge is -2.41. The molecule has 2 aromatic heterocycles. The number of fused-ring (bicyclic) bond motifs is 2. The number of hydrogen-bond acceptors (Lipinski definition) is 5. The van der Waals surface area contributed by atoms with E-state index in [1.165, 1.54) is 17.0 Å². The van der Waals surface area contributed by atoms with Crippen LogP contribution in [0.5, 0.6) is 5.75 Å². The quantitative estimate of drug-likeness (QED) is 0.387. The summed E-state index contributed by atoms with van der Waals surface area (Å²) in [4.78, 5) is 20.6. The summed E-state index contributed by atoms with van der Waals surface area (Å²) in [7, 11) is 1.81. The molecule has 0 saturated carbocycles. The first-order valence-electron chi connectivity index (χ1n) is 12.4. The van der Waals surface area contributed by atoms with Crippen LogP contribution in [0.3, 0.4) is 0 Å². The number of carbonyl (C=O) groups is 1. The van der Waals surface area contributed by atoms with Crippen LogP contribution in [0.2, 0.25) is 0 Å². The second-order valence-electron chi connectivity index (χ2n) is 10.0. The molecule has 0 unspecified atom stereocenters. The van der Waals surface area contributed by atoms with Gasteiger partial charge < -0.3 is 9.64 Å². The van der Waals surface area contributed by atoms with Crippen LogP contribution >= 0.6 is 0 Å². The second kappa shape index (κ2) is 8.92. The van der Waals surface area contributed by atoms with E-state index in [-0.39, 0.29) is 30.7 Å². The molecule has 4 aromatic rings. The Morgan fingerprint density at radius 2 is 1.86 bits per heavy atom. The number of rotatable bonds is 6. The lowest BCUT2D eigenvalue weighted by atomic mass is 9.99. The minimum atomic E-state index is -0.702. The lowest BCUT2D eigenvalue weighted by Crippen LogP contribution is -2.56. The Morgan fingerprint density at radius 3 is 2.57 bits per heavy atom. The Hall–Kier alpha value is -3.85. The van der Waals surface area contributed by atoms with Gasteiger partial charge in [0.25, 0.3) is 5.91 Å². The van der Waals surface area contributed by atoms with Crippen LogP contribution in [-0.2, 0) is 20.1 Å². The molecule has 190 valence electrons. The van der Waals surface area contributed by atoms with Crippen molar-refractivity contribution in [3.05, 3.63) is 77.2 Å². The van der Waals surface area contributed by atoms with Crippen molar-refractivity contribution < 1.29 is 18.3 Å².